The summed E-state index contributed by atoms with van der Waals surface area (Å²) < 4.78 is 0. The summed E-state index contributed by atoms with van der Waals surface area (Å²) >= 11 is 7.76. The molecule has 2 nitrogen and oxygen atoms in total. The molecule has 0 spiro atoms. The number of thiophene rings is 1. The fourth-order valence-electron chi connectivity index (χ4n) is 2.31. The Labute approximate surface area is 118 Å². The third kappa shape index (κ3) is 3.48. The monoisotopic (exact) mass is 285 g/mol. The van der Waals surface area contributed by atoms with Gasteiger partial charge in [-0.25, -0.2) is 0 Å². The molecule has 18 heavy (non-hydrogen) atoms. The molecule has 0 aliphatic heterocycles. The minimum Gasteiger partial charge on any atom is -0.350 e. The fraction of sp³-hybridized carbons (Fsp3) is 0.643. The maximum atomic E-state index is 12.0. The zero-order valence-corrected chi connectivity index (χ0v) is 12.4. The van der Waals surface area contributed by atoms with Crippen LogP contribution in [-0.2, 0) is 12.8 Å². The third-order valence-electron chi connectivity index (χ3n) is 3.31. The van der Waals surface area contributed by atoms with Gasteiger partial charge in [0.15, 0.2) is 0 Å². The van der Waals surface area contributed by atoms with Gasteiger partial charge < -0.3 is 5.32 Å². The highest BCUT2D eigenvalue weighted by molar-refractivity contribution is 7.14. The SMILES string of the molecule is CCCC(Cl)CNC(=O)c1cc2c(s1)CCCC2. The number of carbonyl (C=O) groups is 1. The van der Waals surface area contributed by atoms with Gasteiger partial charge in [-0.2, -0.15) is 0 Å². The Morgan fingerprint density at radius 2 is 2.28 bits per heavy atom. The van der Waals surface area contributed by atoms with E-state index in [0.717, 1.165) is 30.6 Å². The van der Waals surface area contributed by atoms with E-state index in [1.807, 2.05) is 0 Å². The maximum absolute atomic E-state index is 12.0. The van der Waals surface area contributed by atoms with Gasteiger partial charge >= 0.3 is 0 Å². The van der Waals surface area contributed by atoms with Crippen molar-refractivity contribution in [2.45, 2.75) is 50.8 Å². The van der Waals surface area contributed by atoms with Gasteiger partial charge in [-0.3, -0.25) is 4.79 Å². The van der Waals surface area contributed by atoms with Gasteiger partial charge in [-0.15, -0.1) is 22.9 Å². The van der Waals surface area contributed by atoms with E-state index < -0.39 is 0 Å². The molecule has 1 aromatic heterocycles. The van der Waals surface area contributed by atoms with E-state index in [1.54, 1.807) is 11.3 Å². The number of amides is 1. The normalized spacial score (nSPS) is 16.1. The lowest BCUT2D eigenvalue weighted by Gasteiger charge is -2.08. The van der Waals surface area contributed by atoms with E-state index in [9.17, 15) is 4.79 Å². The summed E-state index contributed by atoms with van der Waals surface area (Å²) in [5.74, 6) is 0.0381. The van der Waals surface area contributed by atoms with Gasteiger partial charge in [0, 0.05) is 11.4 Å². The molecular weight excluding hydrogens is 266 g/mol. The van der Waals surface area contributed by atoms with Crippen LogP contribution < -0.4 is 5.32 Å². The van der Waals surface area contributed by atoms with Gasteiger partial charge in [0.05, 0.1) is 10.3 Å². The zero-order valence-electron chi connectivity index (χ0n) is 10.8. The number of hydrogen-bond donors (Lipinski definition) is 1. The lowest BCUT2D eigenvalue weighted by molar-refractivity contribution is 0.0957. The summed E-state index contributed by atoms with van der Waals surface area (Å²) in [5, 5.41) is 2.98. The molecule has 0 aromatic carbocycles. The number of aryl methyl sites for hydroxylation is 2. The molecule has 1 unspecified atom stereocenters. The maximum Gasteiger partial charge on any atom is 0.261 e. The molecule has 1 N–H and O–H groups in total. The first-order chi connectivity index (χ1) is 8.70. The van der Waals surface area contributed by atoms with Crippen molar-refractivity contribution in [2.24, 2.45) is 0 Å². The highest BCUT2D eigenvalue weighted by Gasteiger charge is 2.17. The van der Waals surface area contributed by atoms with Gasteiger partial charge in [0.1, 0.15) is 0 Å². The molecule has 1 atom stereocenters. The minimum absolute atomic E-state index is 0.0381. The van der Waals surface area contributed by atoms with Crippen LogP contribution in [0.4, 0.5) is 0 Å². The van der Waals surface area contributed by atoms with Gasteiger partial charge in [0.25, 0.3) is 5.91 Å². The van der Waals surface area contributed by atoms with Crippen LogP contribution in [0.1, 0.15) is 52.7 Å². The topological polar surface area (TPSA) is 29.1 Å². The van der Waals surface area contributed by atoms with Crippen molar-refractivity contribution < 1.29 is 4.79 Å². The highest BCUT2D eigenvalue weighted by atomic mass is 35.5. The predicted molar refractivity (Wildman–Crippen MR) is 77.8 cm³/mol. The van der Waals surface area contributed by atoms with Crippen LogP contribution in [0.5, 0.6) is 0 Å². The summed E-state index contributed by atoms with van der Waals surface area (Å²) in [6, 6.07) is 2.07. The van der Waals surface area contributed by atoms with Gasteiger partial charge in [-0.05, 0) is 43.7 Å². The molecule has 1 heterocycles. The average Bonchev–Trinajstić information content (AvgIpc) is 2.80. The van der Waals surface area contributed by atoms with Crippen molar-refractivity contribution in [2.75, 3.05) is 6.54 Å². The molecule has 1 aliphatic carbocycles. The summed E-state index contributed by atoms with van der Waals surface area (Å²) in [6.07, 6.45) is 6.79. The second-order valence-corrected chi connectivity index (χ2v) is 6.62. The number of alkyl halides is 1. The van der Waals surface area contributed by atoms with Crippen LogP contribution in [0.2, 0.25) is 0 Å². The molecule has 100 valence electrons. The van der Waals surface area contributed by atoms with Crippen molar-refractivity contribution in [3.8, 4) is 0 Å². The Morgan fingerprint density at radius 3 is 3.00 bits per heavy atom. The first kappa shape index (κ1) is 13.9. The first-order valence-corrected chi connectivity index (χ1v) is 8.00. The molecule has 0 saturated carbocycles. The average molecular weight is 286 g/mol. The van der Waals surface area contributed by atoms with Crippen LogP contribution >= 0.6 is 22.9 Å². The second-order valence-electron chi connectivity index (χ2n) is 4.86. The smallest absolute Gasteiger partial charge is 0.261 e. The van der Waals surface area contributed by atoms with E-state index in [4.69, 9.17) is 11.6 Å². The molecule has 2 rings (SSSR count). The molecule has 0 fully saturated rings. The van der Waals surface area contributed by atoms with E-state index in [-0.39, 0.29) is 11.3 Å². The highest BCUT2D eigenvalue weighted by Crippen LogP contribution is 2.29. The molecule has 1 aromatic rings. The minimum atomic E-state index is 0.0381. The Morgan fingerprint density at radius 1 is 1.50 bits per heavy atom. The Balaban J connectivity index is 1.90. The third-order valence-corrected chi connectivity index (χ3v) is 4.91. The second kappa shape index (κ2) is 6.58. The quantitative estimate of drug-likeness (QED) is 0.820. The lowest BCUT2D eigenvalue weighted by Crippen LogP contribution is -2.29. The summed E-state index contributed by atoms with van der Waals surface area (Å²) in [7, 11) is 0. The molecule has 1 amide bonds. The van der Waals surface area contributed by atoms with Crippen molar-refractivity contribution in [3.63, 3.8) is 0 Å². The number of nitrogens with one attached hydrogen (secondary N) is 1. The van der Waals surface area contributed by atoms with Gasteiger partial charge in [-0.1, -0.05) is 13.3 Å². The summed E-state index contributed by atoms with van der Waals surface area (Å²) in [6.45, 7) is 2.67. The van der Waals surface area contributed by atoms with Crippen molar-refractivity contribution in [1.82, 2.24) is 5.32 Å². The number of hydrogen-bond acceptors (Lipinski definition) is 2. The lowest BCUT2D eigenvalue weighted by atomic mass is 9.99. The molecule has 0 radical (unpaired) electrons. The molecule has 1 aliphatic rings. The Bertz CT molecular complexity index is 392. The Hall–Kier alpha value is -0.540. The van der Waals surface area contributed by atoms with Crippen LogP contribution in [0.3, 0.4) is 0 Å². The number of fused-ring (bicyclic) bond motifs is 1. The number of halogens is 1. The number of carbonyl (C=O) groups excluding carboxylic acids is 1. The summed E-state index contributed by atoms with van der Waals surface area (Å²) in [4.78, 5) is 14.3. The van der Waals surface area contributed by atoms with E-state index in [1.165, 1.54) is 23.3 Å². The van der Waals surface area contributed by atoms with Crippen molar-refractivity contribution in [1.29, 1.82) is 0 Å². The van der Waals surface area contributed by atoms with Crippen LogP contribution in [-0.4, -0.2) is 17.8 Å². The van der Waals surface area contributed by atoms with Crippen LogP contribution in [0, 0.1) is 0 Å². The number of rotatable bonds is 5. The van der Waals surface area contributed by atoms with Crippen LogP contribution in [0.25, 0.3) is 0 Å². The van der Waals surface area contributed by atoms with E-state index in [2.05, 4.69) is 18.3 Å². The van der Waals surface area contributed by atoms with Crippen LogP contribution in [0.15, 0.2) is 6.07 Å². The van der Waals surface area contributed by atoms with Crippen molar-refractivity contribution >= 4 is 28.8 Å². The summed E-state index contributed by atoms with van der Waals surface area (Å²) in [5.41, 5.74) is 1.38. The molecule has 0 saturated heterocycles. The fourth-order valence-corrected chi connectivity index (χ4v) is 3.77. The zero-order chi connectivity index (χ0) is 13.0. The molecule has 4 heteroatoms. The standard InChI is InChI=1S/C14H20ClNOS/c1-2-5-11(15)9-16-14(17)13-8-10-6-3-4-7-12(10)18-13/h8,11H,2-7,9H2,1H3,(H,16,17). The Kier molecular flexibility index (Phi) is 5.07. The molecular formula is C14H20ClNOS. The molecule has 0 bridgehead atoms. The van der Waals surface area contributed by atoms with Gasteiger partial charge in [0.2, 0.25) is 0 Å². The van der Waals surface area contributed by atoms with Crippen molar-refractivity contribution in [3.05, 3.63) is 21.4 Å². The predicted octanol–water partition coefficient (Wildman–Crippen LogP) is 3.76. The largest absolute Gasteiger partial charge is 0.350 e. The van der Waals surface area contributed by atoms with E-state index >= 15 is 0 Å². The van der Waals surface area contributed by atoms with E-state index in [0.29, 0.717) is 6.54 Å². The first-order valence-electron chi connectivity index (χ1n) is 6.74.